The lowest BCUT2D eigenvalue weighted by Crippen LogP contribution is -2.33. The van der Waals surface area contributed by atoms with Gasteiger partial charge in [-0.3, -0.25) is 4.79 Å². The van der Waals surface area contributed by atoms with Crippen molar-refractivity contribution < 1.29 is 19.0 Å². The van der Waals surface area contributed by atoms with E-state index in [1.54, 1.807) is 37.3 Å². The quantitative estimate of drug-likeness (QED) is 0.271. The van der Waals surface area contributed by atoms with Crippen LogP contribution in [-0.2, 0) is 11.4 Å². The number of carbonyl (C=O) groups excluding carboxylic acids is 1. The monoisotopic (exact) mass is 430 g/mol. The average molecular weight is 431 g/mol. The molecule has 1 unspecified atom stereocenters. The van der Waals surface area contributed by atoms with Crippen molar-refractivity contribution in [1.29, 1.82) is 0 Å². The molecule has 1 amide bonds. The van der Waals surface area contributed by atoms with Crippen LogP contribution in [0.4, 0.5) is 0 Å². The van der Waals surface area contributed by atoms with Crippen LogP contribution < -0.4 is 19.6 Å². The summed E-state index contributed by atoms with van der Waals surface area (Å²) in [6.07, 6.45) is 2.47. The second-order valence-corrected chi connectivity index (χ2v) is 6.88. The Bertz CT molecular complexity index is 1030. The van der Waals surface area contributed by atoms with Crippen molar-refractivity contribution in [2.75, 3.05) is 6.61 Å². The molecule has 3 rings (SSSR count). The van der Waals surface area contributed by atoms with E-state index in [-0.39, 0.29) is 5.91 Å². The minimum Gasteiger partial charge on any atom is -0.489 e. The van der Waals surface area contributed by atoms with Gasteiger partial charge >= 0.3 is 0 Å². The van der Waals surface area contributed by atoms with Crippen LogP contribution in [0.2, 0.25) is 0 Å². The Kier molecular flexibility index (Phi) is 8.45. The molecule has 6 nitrogen and oxygen atoms in total. The van der Waals surface area contributed by atoms with Crippen LogP contribution >= 0.6 is 0 Å². The molecule has 0 aliphatic rings. The summed E-state index contributed by atoms with van der Waals surface area (Å²) in [4.78, 5) is 12.3. The minimum absolute atomic E-state index is 0.366. The van der Waals surface area contributed by atoms with E-state index in [1.807, 2.05) is 54.6 Å². The number of hydrazone groups is 1. The maximum absolute atomic E-state index is 12.3. The molecule has 0 aliphatic carbocycles. The lowest BCUT2D eigenvalue weighted by molar-refractivity contribution is -0.127. The van der Waals surface area contributed by atoms with Gasteiger partial charge in [0.1, 0.15) is 30.5 Å². The summed E-state index contributed by atoms with van der Waals surface area (Å²) >= 11 is 0. The number of hydrogen-bond donors (Lipinski definition) is 1. The molecule has 0 aromatic heterocycles. The van der Waals surface area contributed by atoms with Crippen LogP contribution in [0.15, 0.2) is 96.6 Å². The number of nitrogens with one attached hydrogen (secondary N) is 1. The molecule has 0 spiro atoms. The van der Waals surface area contributed by atoms with Gasteiger partial charge < -0.3 is 14.2 Å². The Morgan fingerprint density at radius 2 is 1.66 bits per heavy atom. The molecule has 3 aromatic rings. The first-order chi connectivity index (χ1) is 15.7. The molecule has 1 N–H and O–H groups in total. The van der Waals surface area contributed by atoms with Crippen molar-refractivity contribution >= 4 is 12.1 Å². The molecule has 0 saturated heterocycles. The van der Waals surface area contributed by atoms with Gasteiger partial charge in [0.25, 0.3) is 5.91 Å². The van der Waals surface area contributed by atoms with Crippen LogP contribution in [0.1, 0.15) is 18.1 Å². The van der Waals surface area contributed by atoms with Crippen LogP contribution in [-0.4, -0.2) is 24.8 Å². The van der Waals surface area contributed by atoms with Gasteiger partial charge in [0, 0.05) is 5.56 Å². The van der Waals surface area contributed by atoms with Gasteiger partial charge in [-0.05, 0) is 48.9 Å². The first-order valence-corrected chi connectivity index (χ1v) is 10.2. The van der Waals surface area contributed by atoms with Gasteiger partial charge in [-0.25, -0.2) is 5.43 Å². The molecule has 32 heavy (non-hydrogen) atoms. The first kappa shape index (κ1) is 22.6. The van der Waals surface area contributed by atoms with Gasteiger partial charge in [-0.2, -0.15) is 5.10 Å². The zero-order valence-electron chi connectivity index (χ0n) is 17.9. The number of amides is 1. The fourth-order valence-electron chi connectivity index (χ4n) is 2.74. The molecule has 0 radical (unpaired) electrons. The smallest absolute Gasteiger partial charge is 0.280 e. The van der Waals surface area contributed by atoms with Gasteiger partial charge in [-0.1, -0.05) is 55.1 Å². The van der Waals surface area contributed by atoms with Gasteiger partial charge in [-0.15, -0.1) is 0 Å². The predicted molar refractivity (Wildman–Crippen MR) is 125 cm³/mol. The lowest BCUT2D eigenvalue weighted by atomic mass is 10.2. The van der Waals surface area contributed by atoms with Crippen molar-refractivity contribution in [2.24, 2.45) is 5.10 Å². The molecule has 6 heteroatoms. The number of nitrogens with zero attached hydrogens (tertiary/aromatic N) is 1. The fraction of sp³-hybridized carbons (Fsp3) is 0.154. The van der Waals surface area contributed by atoms with Crippen LogP contribution in [0.3, 0.4) is 0 Å². The SMILES string of the molecule is C=CCOc1ccccc1/C=N/NC(=O)C(C)Oc1ccc(OCc2ccccc2)cc1. The normalized spacial score (nSPS) is 11.5. The molecule has 0 saturated carbocycles. The number of benzene rings is 3. The number of para-hydroxylation sites is 1. The van der Waals surface area contributed by atoms with Crippen LogP contribution in [0, 0.1) is 0 Å². The summed E-state index contributed by atoms with van der Waals surface area (Å²) in [5, 5.41) is 4.01. The summed E-state index contributed by atoms with van der Waals surface area (Å²) in [5.74, 6) is 1.58. The minimum atomic E-state index is -0.726. The Labute approximate surface area is 188 Å². The van der Waals surface area contributed by atoms with E-state index in [9.17, 15) is 4.79 Å². The third-order valence-electron chi connectivity index (χ3n) is 4.41. The van der Waals surface area contributed by atoms with Gasteiger partial charge in [0.2, 0.25) is 0 Å². The van der Waals surface area contributed by atoms with Crippen molar-refractivity contribution in [3.05, 3.63) is 103 Å². The largest absolute Gasteiger partial charge is 0.489 e. The summed E-state index contributed by atoms with van der Waals surface area (Å²) in [6, 6.07) is 24.5. The fourth-order valence-corrected chi connectivity index (χ4v) is 2.74. The third-order valence-corrected chi connectivity index (χ3v) is 4.41. The van der Waals surface area contributed by atoms with Crippen molar-refractivity contribution in [2.45, 2.75) is 19.6 Å². The second kappa shape index (κ2) is 12.0. The Morgan fingerprint density at radius 1 is 0.969 bits per heavy atom. The number of hydrogen-bond acceptors (Lipinski definition) is 5. The van der Waals surface area contributed by atoms with E-state index in [1.165, 1.54) is 6.21 Å². The summed E-state index contributed by atoms with van der Waals surface area (Å²) in [7, 11) is 0. The van der Waals surface area contributed by atoms with E-state index in [2.05, 4.69) is 17.1 Å². The highest BCUT2D eigenvalue weighted by Gasteiger charge is 2.14. The molecule has 0 heterocycles. The summed E-state index contributed by atoms with van der Waals surface area (Å²) < 4.78 is 17.0. The highest BCUT2D eigenvalue weighted by atomic mass is 16.5. The zero-order valence-corrected chi connectivity index (χ0v) is 17.9. The number of carbonyl (C=O) groups is 1. The predicted octanol–water partition coefficient (Wildman–Crippen LogP) is 4.75. The van der Waals surface area contributed by atoms with Crippen LogP contribution in [0.5, 0.6) is 17.2 Å². The molecule has 3 aromatic carbocycles. The maximum atomic E-state index is 12.3. The molecule has 164 valence electrons. The lowest BCUT2D eigenvalue weighted by Gasteiger charge is -2.13. The zero-order chi connectivity index (χ0) is 22.6. The molecule has 1 atom stereocenters. The Balaban J connectivity index is 1.48. The molecule has 0 aliphatic heterocycles. The van der Waals surface area contributed by atoms with E-state index in [0.29, 0.717) is 24.7 Å². The number of rotatable bonds is 11. The van der Waals surface area contributed by atoms with Crippen molar-refractivity contribution in [3.8, 4) is 17.2 Å². The van der Waals surface area contributed by atoms with Crippen LogP contribution in [0.25, 0.3) is 0 Å². The average Bonchev–Trinajstić information content (AvgIpc) is 2.83. The summed E-state index contributed by atoms with van der Waals surface area (Å²) in [5.41, 5.74) is 4.33. The van der Waals surface area contributed by atoms with E-state index < -0.39 is 6.10 Å². The van der Waals surface area contributed by atoms with E-state index in [4.69, 9.17) is 14.2 Å². The summed E-state index contributed by atoms with van der Waals surface area (Å²) in [6.45, 7) is 6.17. The van der Waals surface area contributed by atoms with E-state index >= 15 is 0 Å². The topological polar surface area (TPSA) is 69.2 Å². The van der Waals surface area contributed by atoms with Gasteiger partial charge in [0.15, 0.2) is 6.10 Å². The molecular formula is C26H26N2O4. The van der Waals surface area contributed by atoms with Crippen molar-refractivity contribution in [3.63, 3.8) is 0 Å². The van der Waals surface area contributed by atoms with Crippen molar-refractivity contribution in [1.82, 2.24) is 5.43 Å². The molecule has 0 bridgehead atoms. The molecular weight excluding hydrogens is 404 g/mol. The highest BCUT2D eigenvalue weighted by molar-refractivity contribution is 5.86. The number of ether oxygens (including phenoxy) is 3. The third kappa shape index (κ3) is 7.02. The van der Waals surface area contributed by atoms with Gasteiger partial charge in [0.05, 0.1) is 6.21 Å². The highest BCUT2D eigenvalue weighted by Crippen LogP contribution is 2.20. The maximum Gasteiger partial charge on any atom is 0.280 e. The Morgan fingerprint density at radius 3 is 2.41 bits per heavy atom. The van der Waals surface area contributed by atoms with E-state index in [0.717, 1.165) is 16.9 Å². The Hall–Kier alpha value is -4.06. The first-order valence-electron chi connectivity index (χ1n) is 10.2. The second-order valence-electron chi connectivity index (χ2n) is 6.88. The standard InChI is InChI=1S/C26H26N2O4/c1-3-17-30-25-12-8-7-11-22(25)18-27-28-26(29)20(2)32-24-15-13-23(14-16-24)31-19-21-9-5-4-6-10-21/h3-16,18,20H,1,17,19H2,2H3,(H,28,29)/b27-18+. The molecule has 0 fully saturated rings.